The second-order valence-electron chi connectivity index (χ2n) is 7.44. The summed E-state index contributed by atoms with van der Waals surface area (Å²) in [6, 6.07) is 8.73. The molecule has 10 heteroatoms. The lowest BCUT2D eigenvalue weighted by Crippen LogP contribution is -2.44. The van der Waals surface area contributed by atoms with Crippen molar-refractivity contribution < 1.29 is 18.3 Å². The highest BCUT2D eigenvalue weighted by Crippen LogP contribution is 2.25. The summed E-state index contributed by atoms with van der Waals surface area (Å²) in [5.74, 6) is 2.15. The zero-order chi connectivity index (χ0) is 22.9. The SMILES string of the molecule is CN=C(NCc1ccnc(N2CCN(C)CC2)c1)NCc1cc(OC)ccc1OC(F)F. The third-order valence-electron chi connectivity index (χ3n) is 5.25. The molecule has 0 radical (unpaired) electrons. The Morgan fingerprint density at radius 2 is 1.88 bits per heavy atom. The molecule has 1 aliphatic rings. The number of piperazine rings is 1. The molecule has 2 aromatic rings. The van der Waals surface area contributed by atoms with Crippen molar-refractivity contribution >= 4 is 11.8 Å². The number of halogens is 2. The van der Waals surface area contributed by atoms with E-state index in [0.29, 0.717) is 23.8 Å². The molecule has 0 unspecified atom stereocenters. The minimum atomic E-state index is -2.90. The van der Waals surface area contributed by atoms with Crippen LogP contribution in [-0.4, -0.2) is 69.8 Å². The monoisotopic (exact) mass is 448 g/mol. The number of aliphatic imine (C=N–C) groups is 1. The predicted octanol–water partition coefficient (Wildman–Crippen LogP) is 2.31. The normalized spacial score (nSPS) is 15.1. The van der Waals surface area contributed by atoms with Gasteiger partial charge in [0.1, 0.15) is 17.3 Å². The van der Waals surface area contributed by atoms with Crippen LogP contribution in [0.4, 0.5) is 14.6 Å². The summed E-state index contributed by atoms with van der Waals surface area (Å²) in [5.41, 5.74) is 1.61. The van der Waals surface area contributed by atoms with Gasteiger partial charge in [-0.15, -0.1) is 0 Å². The molecule has 0 saturated carbocycles. The van der Waals surface area contributed by atoms with E-state index in [1.807, 2.05) is 12.3 Å². The number of ether oxygens (including phenoxy) is 2. The molecule has 1 saturated heterocycles. The van der Waals surface area contributed by atoms with Gasteiger partial charge in [-0.3, -0.25) is 4.99 Å². The summed E-state index contributed by atoms with van der Waals surface area (Å²) in [6.45, 7) is 1.81. The van der Waals surface area contributed by atoms with Crippen LogP contribution in [0.1, 0.15) is 11.1 Å². The van der Waals surface area contributed by atoms with Gasteiger partial charge < -0.3 is 29.9 Å². The average Bonchev–Trinajstić information content (AvgIpc) is 2.80. The fraction of sp³-hybridized carbons (Fsp3) is 0.455. The van der Waals surface area contributed by atoms with Crippen LogP contribution in [-0.2, 0) is 13.1 Å². The van der Waals surface area contributed by atoms with Crippen molar-refractivity contribution in [3.63, 3.8) is 0 Å². The molecule has 2 heterocycles. The standard InChI is InChI=1S/C22H30F2N6O2/c1-25-22(28-15-17-13-18(31-3)4-5-19(17)32-21(23)24)27-14-16-6-7-26-20(12-16)30-10-8-29(2)9-11-30/h4-7,12-13,21H,8-11,14-15H2,1-3H3,(H2,25,27,28). The van der Waals surface area contributed by atoms with Crippen molar-refractivity contribution in [3.8, 4) is 11.5 Å². The Morgan fingerprint density at radius 1 is 1.12 bits per heavy atom. The lowest BCUT2D eigenvalue weighted by Gasteiger charge is -2.33. The van der Waals surface area contributed by atoms with E-state index in [4.69, 9.17) is 4.74 Å². The first-order valence-corrected chi connectivity index (χ1v) is 10.4. The quantitative estimate of drug-likeness (QED) is 0.474. The Balaban J connectivity index is 1.58. The summed E-state index contributed by atoms with van der Waals surface area (Å²) < 4.78 is 35.2. The molecule has 1 aromatic carbocycles. The van der Waals surface area contributed by atoms with Crippen molar-refractivity contribution in [3.05, 3.63) is 47.7 Å². The number of guanidine groups is 1. The average molecular weight is 449 g/mol. The Hall–Kier alpha value is -3.14. The minimum absolute atomic E-state index is 0.0923. The fourth-order valence-electron chi connectivity index (χ4n) is 3.40. The summed E-state index contributed by atoms with van der Waals surface area (Å²) in [7, 11) is 5.29. The molecule has 8 nitrogen and oxygen atoms in total. The van der Waals surface area contributed by atoms with Crippen LogP contribution >= 0.6 is 0 Å². The number of likely N-dealkylation sites (N-methyl/N-ethyl adjacent to an activating group) is 1. The van der Waals surface area contributed by atoms with Crippen LogP contribution in [0, 0.1) is 0 Å². The number of aromatic nitrogens is 1. The van der Waals surface area contributed by atoms with Gasteiger partial charge in [-0.2, -0.15) is 8.78 Å². The highest BCUT2D eigenvalue weighted by atomic mass is 19.3. The smallest absolute Gasteiger partial charge is 0.387 e. The predicted molar refractivity (Wildman–Crippen MR) is 121 cm³/mol. The molecule has 0 amide bonds. The van der Waals surface area contributed by atoms with Gasteiger partial charge in [-0.25, -0.2) is 4.98 Å². The maximum absolute atomic E-state index is 12.7. The first kappa shape index (κ1) is 23.5. The lowest BCUT2D eigenvalue weighted by atomic mass is 10.2. The number of benzene rings is 1. The van der Waals surface area contributed by atoms with Crippen molar-refractivity contribution in [2.45, 2.75) is 19.7 Å². The number of pyridine rings is 1. The van der Waals surface area contributed by atoms with E-state index < -0.39 is 6.61 Å². The van der Waals surface area contributed by atoms with Gasteiger partial charge in [-0.05, 0) is 42.9 Å². The van der Waals surface area contributed by atoms with Crippen molar-refractivity contribution in [2.24, 2.45) is 4.99 Å². The Morgan fingerprint density at radius 3 is 2.56 bits per heavy atom. The van der Waals surface area contributed by atoms with Crippen LogP contribution < -0.4 is 25.0 Å². The van der Waals surface area contributed by atoms with E-state index in [9.17, 15) is 8.78 Å². The molecule has 0 spiro atoms. The molecule has 174 valence electrons. The van der Waals surface area contributed by atoms with E-state index in [0.717, 1.165) is 37.6 Å². The number of hydrogen-bond donors (Lipinski definition) is 2. The molecule has 3 rings (SSSR count). The zero-order valence-corrected chi connectivity index (χ0v) is 18.6. The molecule has 32 heavy (non-hydrogen) atoms. The van der Waals surface area contributed by atoms with Crippen LogP contribution in [0.2, 0.25) is 0 Å². The second-order valence-corrected chi connectivity index (χ2v) is 7.44. The Labute approximate surface area is 187 Å². The molecule has 2 N–H and O–H groups in total. The maximum atomic E-state index is 12.7. The summed E-state index contributed by atoms with van der Waals surface area (Å²) >= 11 is 0. The summed E-state index contributed by atoms with van der Waals surface area (Å²) in [5, 5.41) is 6.38. The molecule has 1 aromatic heterocycles. The van der Waals surface area contributed by atoms with Gasteiger partial charge in [0.05, 0.1) is 7.11 Å². The van der Waals surface area contributed by atoms with Crippen LogP contribution in [0.15, 0.2) is 41.5 Å². The minimum Gasteiger partial charge on any atom is -0.497 e. The number of hydrogen-bond acceptors (Lipinski definition) is 6. The third kappa shape index (κ3) is 6.68. The van der Waals surface area contributed by atoms with Gasteiger partial charge in [0.15, 0.2) is 5.96 Å². The highest BCUT2D eigenvalue weighted by molar-refractivity contribution is 5.79. The van der Waals surface area contributed by atoms with Gasteiger partial charge in [0.2, 0.25) is 0 Å². The fourth-order valence-corrected chi connectivity index (χ4v) is 3.40. The Kier molecular flexibility index (Phi) is 8.43. The van der Waals surface area contributed by atoms with Crippen molar-refractivity contribution in [1.82, 2.24) is 20.5 Å². The molecule has 0 aliphatic carbocycles. The number of alkyl halides is 2. The van der Waals surface area contributed by atoms with E-state index in [-0.39, 0.29) is 12.3 Å². The van der Waals surface area contributed by atoms with Crippen LogP contribution in [0.5, 0.6) is 11.5 Å². The van der Waals surface area contributed by atoms with E-state index in [2.05, 4.69) is 48.3 Å². The summed E-state index contributed by atoms with van der Waals surface area (Å²) in [4.78, 5) is 13.3. The summed E-state index contributed by atoms with van der Waals surface area (Å²) in [6.07, 6.45) is 1.81. The first-order valence-electron chi connectivity index (χ1n) is 10.4. The highest BCUT2D eigenvalue weighted by Gasteiger charge is 2.15. The van der Waals surface area contributed by atoms with Crippen molar-refractivity contribution in [2.75, 3.05) is 52.3 Å². The van der Waals surface area contributed by atoms with Crippen LogP contribution in [0.3, 0.4) is 0 Å². The molecular weight excluding hydrogens is 418 g/mol. The van der Waals surface area contributed by atoms with Crippen molar-refractivity contribution in [1.29, 1.82) is 0 Å². The number of rotatable bonds is 8. The van der Waals surface area contributed by atoms with Gasteiger partial charge in [-0.1, -0.05) is 0 Å². The molecule has 0 atom stereocenters. The van der Waals surface area contributed by atoms with E-state index in [1.54, 1.807) is 19.2 Å². The number of nitrogens with zero attached hydrogens (tertiary/aromatic N) is 4. The number of methoxy groups -OCH3 is 1. The molecular formula is C22H30F2N6O2. The maximum Gasteiger partial charge on any atom is 0.387 e. The topological polar surface area (TPSA) is 74.3 Å². The zero-order valence-electron chi connectivity index (χ0n) is 18.6. The number of anilines is 1. The van der Waals surface area contributed by atoms with Gasteiger partial charge in [0, 0.05) is 58.1 Å². The number of nitrogens with one attached hydrogen (secondary N) is 2. The van der Waals surface area contributed by atoms with E-state index >= 15 is 0 Å². The third-order valence-corrected chi connectivity index (χ3v) is 5.25. The molecule has 0 bridgehead atoms. The lowest BCUT2D eigenvalue weighted by molar-refractivity contribution is -0.0505. The first-order chi connectivity index (χ1) is 15.5. The van der Waals surface area contributed by atoms with Crippen LogP contribution in [0.25, 0.3) is 0 Å². The van der Waals surface area contributed by atoms with E-state index in [1.165, 1.54) is 13.2 Å². The molecule has 1 fully saturated rings. The van der Waals surface area contributed by atoms with Gasteiger partial charge >= 0.3 is 6.61 Å². The second kappa shape index (κ2) is 11.5. The van der Waals surface area contributed by atoms with Gasteiger partial charge in [0.25, 0.3) is 0 Å². The largest absolute Gasteiger partial charge is 0.497 e. The Bertz CT molecular complexity index is 904. The molecule has 1 aliphatic heterocycles.